The molecule has 1 aromatic carbocycles. The number of piperidine rings is 2. The average Bonchev–Trinajstić information content (AvgIpc) is 3.31. The smallest absolute Gasteiger partial charge is 0.262 e. The molecule has 9 heteroatoms. The molecular weight excluding hydrogens is 474 g/mol. The van der Waals surface area contributed by atoms with Crippen LogP contribution in [0.4, 0.5) is 5.69 Å². The third kappa shape index (κ3) is 2.08. The second-order valence-electron chi connectivity index (χ2n) is 13.2. The van der Waals surface area contributed by atoms with Gasteiger partial charge in [0.2, 0.25) is 5.91 Å². The molecule has 1 saturated carbocycles. The number of anilines is 1. The number of carbonyl (C=O) groups excluding carboxylic acids is 3. The van der Waals surface area contributed by atoms with E-state index in [1.165, 1.54) is 4.90 Å². The molecule has 1 aliphatic carbocycles. The van der Waals surface area contributed by atoms with Crippen molar-refractivity contribution in [3.8, 4) is 5.75 Å². The van der Waals surface area contributed by atoms with E-state index in [-0.39, 0.29) is 24.7 Å². The van der Waals surface area contributed by atoms with Crippen LogP contribution in [0.1, 0.15) is 65.0 Å². The minimum absolute atomic E-state index is 0.0746. The summed E-state index contributed by atoms with van der Waals surface area (Å²) in [6.07, 6.45) is 4.45. The first kappa shape index (κ1) is 23.2. The maximum absolute atomic E-state index is 14.3. The first-order valence-electron chi connectivity index (χ1n) is 13.0. The van der Waals surface area contributed by atoms with Gasteiger partial charge in [-0.3, -0.25) is 19.6 Å². The molecule has 7 aliphatic rings. The lowest BCUT2D eigenvalue weighted by atomic mass is 9.55. The molecule has 8 rings (SSSR count). The van der Waals surface area contributed by atoms with Gasteiger partial charge in [0.1, 0.15) is 16.9 Å². The van der Waals surface area contributed by atoms with E-state index >= 15 is 0 Å². The van der Waals surface area contributed by atoms with Gasteiger partial charge >= 0.3 is 0 Å². The first-order valence-corrected chi connectivity index (χ1v) is 13.0. The molecule has 0 aromatic heterocycles. The number of carbonyl (C=O) groups is 3. The van der Waals surface area contributed by atoms with Gasteiger partial charge in [0, 0.05) is 25.1 Å². The van der Waals surface area contributed by atoms with E-state index in [0.717, 1.165) is 5.06 Å². The fourth-order valence-electron chi connectivity index (χ4n) is 9.04. The highest BCUT2D eigenvalue weighted by Crippen LogP contribution is 2.73. The van der Waals surface area contributed by atoms with Crippen molar-refractivity contribution >= 4 is 29.5 Å². The molecule has 1 aromatic rings. The summed E-state index contributed by atoms with van der Waals surface area (Å²) in [7, 11) is 1.64. The van der Waals surface area contributed by atoms with Crippen LogP contribution in [-0.4, -0.2) is 73.7 Å². The van der Waals surface area contributed by atoms with Crippen LogP contribution in [0.3, 0.4) is 0 Å². The molecule has 37 heavy (non-hydrogen) atoms. The van der Waals surface area contributed by atoms with Gasteiger partial charge in [-0.25, -0.2) is 0 Å². The largest absolute Gasteiger partial charge is 0.483 e. The summed E-state index contributed by atoms with van der Waals surface area (Å²) in [5, 5.41) is 23.5. The molecule has 3 spiro atoms. The van der Waals surface area contributed by atoms with Crippen LogP contribution in [0.25, 0.3) is 6.08 Å². The maximum atomic E-state index is 14.3. The number of rotatable bonds is 0. The number of aliphatic hydroxyl groups is 1. The average molecular weight is 508 g/mol. The molecule has 2 N–H and O–H groups in total. The van der Waals surface area contributed by atoms with Gasteiger partial charge in [0.05, 0.1) is 16.7 Å². The van der Waals surface area contributed by atoms with E-state index in [2.05, 4.69) is 0 Å². The molecular formula is C28H33N3O6. The van der Waals surface area contributed by atoms with Gasteiger partial charge in [-0.2, -0.15) is 5.06 Å². The molecule has 5 atom stereocenters. The zero-order valence-electron chi connectivity index (χ0n) is 22.1. The number of fused-ring (bicyclic) bond motifs is 5. The van der Waals surface area contributed by atoms with E-state index in [1.54, 1.807) is 18.9 Å². The van der Waals surface area contributed by atoms with Gasteiger partial charge in [0.15, 0.2) is 5.54 Å². The summed E-state index contributed by atoms with van der Waals surface area (Å²) in [5.74, 6) is -0.802. The lowest BCUT2D eigenvalue weighted by molar-refractivity contribution is -0.210. The van der Waals surface area contributed by atoms with Crippen molar-refractivity contribution in [3.63, 3.8) is 0 Å². The van der Waals surface area contributed by atoms with E-state index < -0.39 is 44.9 Å². The van der Waals surface area contributed by atoms with E-state index in [0.29, 0.717) is 35.5 Å². The number of likely N-dealkylation sites (N-methyl/N-ethyl adjacent to an activating group) is 1. The summed E-state index contributed by atoms with van der Waals surface area (Å²) in [5.41, 5.74) is -4.94. The van der Waals surface area contributed by atoms with E-state index in [9.17, 15) is 24.7 Å². The Hall–Kier alpha value is -2.91. The predicted octanol–water partition coefficient (Wildman–Crippen LogP) is 2.23. The standard InChI is InChI=1S/C28H33N3O6/c1-23(2)10-9-15-17(37-23)8-7-16-19(15)31(36)20(32)26(16)14-27-18(24(26,3)4)13-28(22(34)29(27)6)25(5,35)11-12-30(28)21(27)33/h7-10,18,35-36H,11-14H2,1-6H3/t18?,25-,26-,27+,28?/m1/s1. The van der Waals surface area contributed by atoms with Crippen molar-refractivity contribution in [1.82, 2.24) is 9.80 Å². The van der Waals surface area contributed by atoms with Crippen LogP contribution < -0.4 is 9.80 Å². The van der Waals surface area contributed by atoms with Crippen LogP contribution in [0.2, 0.25) is 0 Å². The van der Waals surface area contributed by atoms with Crippen molar-refractivity contribution < 1.29 is 29.4 Å². The number of piperazine rings is 1. The molecule has 196 valence electrons. The predicted molar refractivity (Wildman–Crippen MR) is 133 cm³/mol. The van der Waals surface area contributed by atoms with Gasteiger partial charge in [0.25, 0.3) is 11.8 Å². The summed E-state index contributed by atoms with van der Waals surface area (Å²) in [4.78, 5) is 45.6. The topological polar surface area (TPSA) is 111 Å². The normalized spacial score (nSPS) is 41.8. The second kappa shape index (κ2) is 6.04. The minimum atomic E-state index is -1.37. The van der Waals surface area contributed by atoms with Crippen LogP contribution in [0.5, 0.6) is 5.75 Å². The lowest BCUT2D eigenvalue weighted by Gasteiger charge is -2.64. The minimum Gasteiger partial charge on any atom is -0.483 e. The maximum Gasteiger partial charge on any atom is 0.262 e. The summed E-state index contributed by atoms with van der Waals surface area (Å²) in [6, 6.07) is 3.67. The van der Waals surface area contributed by atoms with Gasteiger partial charge in [-0.1, -0.05) is 19.9 Å². The Morgan fingerprint density at radius 2 is 1.73 bits per heavy atom. The van der Waals surface area contributed by atoms with E-state index in [1.807, 2.05) is 52.0 Å². The number of hydrogen-bond acceptors (Lipinski definition) is 6. The number of amides is 3. The SMILES string of the molecule is CN1C(=O)C23CC4C(C)(C)[C@@]5(C[C@@]41C(=O)N2CC[C@@]3(C)O)C(=O)N(O)c1c5ccc2c1C=CC(C)(C)O2. The van der Waals surface area contributed by atoms with Gasteiger partial charge < -0.3 is 19.6 Å². The summed E-state index contributed by atoms with van der Waals surface area (Å²) < 4.78 is 6.12. The molecule has 5 fully saturated rings. The van der Waals surface area contributed by atoms with E-state index in [4.69, 9.17) is 4.74 Å². The van der Waals surface area contributed by atoms with Crippen molar-refractivity contribution in [2.45, 2.75) is 81.6 Å². The Kier molecular flexibility index (Phi) is 3.79. The highest BCUT2D eigenvalue weighted by molar-refractivity contribution is 6.13. The molecule has 2 unspecified atom stereocenters. The first-order chi connectivity index (χ1) is 17.1. The Balaban J connectivity index is 1.48. The summed E-state index contributed by atoms with van der Waals surface area (Å²) in [6.45, 7) is 9.76. The molecule has 0 radical (unpaired) electrons. The second-order valence-corrected chi connectivity index (χ2v) is 13.2. The number of hydrogen-bond donors (Lipinski definition) is 2. The van der Waals surface area contributed by atoms with Crippen LogP contribution in [0, 0.1) is 11.3 Å². The molecule has 2 bridgehead atoms. The van der Waals surface area contributed by atoms with Gasteiger partial charge in [-0.15, -0.1) is 0 Å². The lowest BCUT2D eigenvalue weighted by Crippen LogP contribution is -2.84. The summed E-state index contributed by atoms with van der Waals surface area (Å²) >= 11 is 0. The number of ether oxygens (including phenoxy) is 1. The monoisotopic (exact) mass is 507 g/mol. The third-order valence-electron chi connectivity index (χ3n) is 11.1. The fourth-order valence-corrected chi connectivity index (χ4v) is 9.04. The van der Waals surface area contributed by atoms with Crippen LogP contribution >= 0.6 is 0 Å². The Morgan fingerprint density at radius 1 is 1.03 bits per heavy atom. The Morgan fingerprint density at radius 3 is 2.43 bits per heavy atom. The Labute approximate surface area is 215 Å². The van der Waals surface area contributed by atoms with Crippen molar-refractivity contribution in [2.75, 3.05) is 18.7 Å². The van der Waals surface area contributed by atoms with Crippen LogP contribution in [-0.2, 0) is 19.8 Å². The molecule has 9 nitrogen and oxygen atoms in total. The molecule has 3 amide bonds. The molecule has 6 aliphatic heterocycles. The van der Waals surface area contributed by atoms with Gasteiger partial charge in [-0.05, 0) is 69.2 Å². The van der Waals surface area contributed by atoms with Crippen molar-refractivity contribution in [3.05, 3.63) is 29.3 Å². The fraction of sp³-hybridized carbons (Fsp3) is 0.607. The van der Waals surface area contributed by atoms with Crippen LogP contribution in [0.15, 0.2) is 18.2 Å². The molecule has 6 heterocycles. The number of benzene rings is 1. The highest BCUT2D eigenvalue weighted by atomic mass is 16.5. The zero-order chi connectivity index (χ0) is 26.7. The zero-order valence-corrected chi connectivity index (χ0v) is 22.1. The quantitative estimate of drug-likeness (QED) is 0.521. The third-order valence-corrected chi connectivity index (χ3v) is 11.1. The Bertz CT molecular complexity index is 1380. The van der Waals surface area contributed by atoms with Crippen molar-refractivity contribution in [2.24, 2.45) is 11.3 Å². The highest BCUT2D eigenvalue weighted by Gasteiger charge is 2.85. The number of hydroxylamine groups is 1. The molecule has 4 saturated heterocycles. The van der Waals surface area contributed by atoms with Crippen molar-refractivity contribution in [1.29, 1.82) is 0 Å². The number of nitrogens with zero attached hydrogens (tertiary/aromatic N) is 3.